The third-order valence-corrected chi connectivity index (χ3v) is 5.19. The Labute approximate surface area is 135 Å². The summed E-state index contributed by atoms with van der Waals surface area (Å²) in [5.74, 6) is 0.184. The molecule has 1 nitrogen and oxygen atoms in total. The van der Waals surface area contributed by atoms with Crippen molar-refractivity contribution in [1.29, 1.82) is 0 Å². The first-order valence-corrected chi connectivity index (χ1v) is 7.95. The Morgan fingerprint density at radius 2 is 1.33 bits per heavy atom. The number of benzene rings is 2. The quantitative estimate of drug-likeness (QED) is 0.679. The highest BCUT2D eigenvalue weighted by atomic mass is 79.9. The second kappa shape index (κ2) is 6.15. The summed E-state index contributed by atoms with van der Waals surface area (Å²) in [6.45, 7) is 10.3. The van der Waals surface area contributed by atoms with E-state index in [0.717, 1.165) is 26.7 Å². The standard InChI is InChI=1S/C19H21BrO/c1-11-6-12(2)17(13(3)7-11)10-18(21)16-8-14(4)19(20)15(5)9-16/h6-9H,10H2,1-5H3. The normalized spacial score (nSPS) is 10.8. The van der Waals surface area contributed by atoms with Crippen LogP contribution >= 0.6 is 15.9 Å². The maximum absolute atomic E-state index is 12.6. The van der Waals surface area contributed by atoms with E-state index in [0.29, 0.717) is 6.42 Å². The Kier molecular flexibility index (Phi) is 4.67. The number of carbonyl (C=O) groups is 1. The minimum Gasteiger partial charge on any atom is -0.294 e. The molecule has 0 N–H and O–H groups in total. The third-order valence-electron chi connectivity index (χ3n) is 3.94. The highest BCUT2D eigenvalue weighted by Crippen LogP contribution is 2.24. The van der Waals surface area contributed by atoms with E-state index in [2.05, 4.69) is 48.8 Å². The summed E-state index contributed by atoms with van der Waals surface area (Å²) in [6, 6.07) is 8.23. The average Bonchev–Trinajstić information content (AvgIpc) is 2.39. The van der Waals surface area contributed by atoms with Crippen LogP contribution in [0.4, 0.5) is 0 Å². The zero-order valence-electron chi connectivity index (χ0n) is 13.3. The molecule has 2 heteroatoms. The molecule has 2 aromatic carbocycles. The van der Waals surface area contributed by atoms with E-state index in [-0.39, 0.29) is 5.78 Å². The number of hydrogen-bond acceptors (Lipinski definition) is 1. The Bertz CT molecular complexity index is 667. The van der Waals surface area contributed by atoms with Gasteiger partial charge in [-0.2, -0.15) is 0 Å². The highest BCUT2D eigenvalue weighted by molar-refractivity contribution is 9.10. The first kappa shape index (κ1) is 16.0. The molecule has 21 heavy (non-hydrogen) atoms. The molecular weight excluding hydrogens is 324 g/mol. The molecule has 0 amide bonds. The molecule has 0 saturated heterocycles. The SMILES string of the molecule is Cc1cc(C)c(CC(=O)c2cc(C)c(Br)c(C)c2)c(C)c1. The Morgan fingerprint density at radius 3 is 1.81 bits per heavy atom. The number of rotatable bonds is 3. The van der Waals surface area contributed by atoms with Crippen LogP contribution in [0.25, 0.3) is 0 Å². The molecule has 0 heterocycles. The van der Waals surface area contributed by atoms with Gasteiger partial charge in [0.05, 0.1) is 0 Å². The van der Waals surface area contributed by atoms with Crippen molar-refractivity contribution in [2.45, 2.75) is 41.0 Å². The minimum absolute atomic E-state index is 0.184. The van der Waals surface area contributed by atoms with Crippen LogP contribution in [0.3, 0.4) is 0 Å². The van der Waals surface area contributed by atoms with Gasteiger partial charge in [0.2, 0.25) is 0 Å². The summed E-state index contributed by atoms with van der Waals surface area (Å²) < 4.78 is 1.08. The van der Waals surface area contributed by atoms with E-state index in [9.17, 15) is 4.79 Å². The van der Waals surface area contributed by atoms with Gasteiger partial charge in [0.1, 0.15) is 0 Å². The number of carbonyl (C=O) groups excluding carboxylic acids is 1. The fraction of sp³-hybridized carbons (Fsp3) is 0.316. The number of Topliss-reactive ketones (excluding diaryl/α,β-unsaturated/α-hetero) is 1. The molecule has 0 aliphatic carbocycles. The van der Waals surface area contributed by atoms with Crippen LogP contribution in [0.5, 0.6) is 0 Å². The van der Waals surface area contributed by atoms with Gasteiger partial charge in [-0.25, -0.2) is 0 Å². The molecule has 0 aliphatic heterocycles. The fourth-order valence-corrected chi connectivity index (χ4v) is 3.09. The van der Waals surface area contributed by atoms with Gasteiger partial charge in [-0.3, -0.25) is 4.79 Å². The third kappa shape index (κ3) is 3.44. The van der Waals surface area contributed by atoms with E-state index in [4.69, 9.17) is 0 Å². The maximum atomic E-state index is 12.6. The second-order valence-corrected chi connectivity index (χ2v) is 6.69. The van der Waals surface area contributed by atoms with E-state index >= 15 is 0 Å². The Morgan fingerprint density at radius 1 is 0.857 bits per heavy atom. The molecule has 2 aromatic rings. The summed E-state index contributed by atoms with van der Waals surface area (Å²) in [6.07, 6.45) is 0.471. The lowest BCUT2D eigenvalue weighted by atomic mass is 9.93. The van der Waals surface area contributed by atoms with E-state index in [1.54, 1.807) is 0 Å². The van der Waals surface area contributed by atoms with Crippen molar-refractivity contribution in [2.75, 3.05) is 0 Å². The van der Waals surface area contributed by atoms with Crippen LogP contribution in [-0.2, 0) is 6.42 Å². The van der Waals surface area contributed by atoms with Crippen molar-refractivity contribution in [3.8, 4) is 0 Å². The number of halogens is 1. The zero-order chi connectivity index (χ0) is 15.7. The fourth-order valence-electron chi connectivity index (χ4n) is 2.86. The molecule has 0 aromatic heterocycles. The van der Waals surface area contributed by atoms with Gasteiger partial charge in [-0.1, -0.05) is 33.6 Å². The van der Waals surface area contributed by atoms with Crippen molar-refractivity contribution in [2.24, 2.45) is 0 Å². The van der Waals surface area contributed by atoms with Gasteiger partial charge in [0.25, 0.3) is 0 Å². The molecular formula is C19H21BrO. The van der Waals surface area contributed by atoms with Gasteiger partial charge >= 0.3 is 0 Å². The van der Waals surface area contributed by atoms with Crippen molar-refractivity contribution >= 4 is 21.7 Å². The monoisotopic (exact) mass is 344 g/mol. The first-order chi connectivity index (χ1) is 9.79. The van der Waals surface area contributed by atoms with E-state index < -0.39 is 0 Å². The molecule has 2 rings (SSSR count). The molecule has 0 radical (unpaired) electrons. The summed E-state index contributed by atoms with van der Waals surface area (Å²) in [7, 11) is 0. The van der Waals surface area contributed by atoms with Crippen LogP contribution in [0.2, 0.25) is 0 Å². The smallest absolute Gasteiger partial charge is 0.167 e. The van der Waals surface area contributed by atoms with Crippen LogP contribution in [-0.4, -0.2) is 5.78 Å². The maximum Gasteiger partial charge on any atom is 0.167 e. The summed E-state index contributed by atoms with van der Waals surface area (Å²) in [5.41, 5.74) is 7.82. The summed E-state index contributed by atoms with van der Waals surface area (Å²) in [5, 5.41) is 0. The molecule has 0 saturated carbocycles. The van der Waals surface area contributed by atoms with Crippen molar-refractivity contribution in [1.82, 2.24) is 0 Å². The molecule has 0 spiro atoms. The first-order valence-electron chi connectivity index (χ1n) is 7.16. The largest absolute Gasteiger partial charge is 0.294 e. The van der Waals surface area contributed by atoms with Gasteiger partial charge in [0.15, 0.2) is 5.78 Å². The molecule has 110 valence electrons. The van der Waals surface area contributed by atoms with Gasteiger partial charge in [0, 0.05) is 16.5 Å². The average molecular weight is 345 g/mol. The van der Waals surface area contributed by atoms with Crippen LogP contribution in [0, 0.1) is 34.6 Å². The summed E-state index contributed by atoms with van der Waals surface area (Å²) in [4.78, 5) is 12.6. The van der Waals surface area contributed by atoms with Gasteiger partial charge in [-0.05, 0) is 74.6 Å². The summed E-state index contributed by atoms with van der Waals surface area (Å²) >= 11 is 3.55. The van der Waals surface area contributed by atoms with Crippen molar-refractivity contribution < 1.29 is 4.79 Å². The van der Waals surface area contributed by atoms with Crippen LogP contribution < -0.4 is 0 Å². The lowest BCUT2D eigenvalue weighted by Crippen LogP contribution is -2.08. The number of hydrogen-bond donors (Lipinski definition) is 0. The minimum atomic E-state index is 0.184. The predicted octanol–water partition coefficient (Wildman–Crippen LogP) is 5.42. The highest BCUT2D eigenvalue weighted by Gasteiger charge is 2.13. The molecule has 0 fully saturated rings. The Hall–Kier alpha value is -1.41. The topological polar surface area (TPSA) is 17.1 Å². The zero-order valence-corrected chi connectivity index (χ0v) is 14.9. The van der Waals surface area contributed by atoms with Crippen molar-refractivity contribution in [3.05, 3.63) is 67.7 Å². The molecule has 0 unspecified atom stereocenters. The van der Waals surface area contributed by atoms with Crippen LogP contribution in [0.15, 0.2) is 28.7 Å². The van der Waals surface area contributed by atoms with Crippen LogP contribution in [0.1, 0.15) is 43.7 Å². The Balaban J connectivity index is 2.35. The van der Waals surface area contributed by atoms with E-state index in [1.165, 1.54) is 16.7 Å². The van der Waals surface area contributed by atoms with Crippen molar-refractivity contribution in [3.63, 3.8) is 0 Å². The molecule has 0 bridgehead atoms. The van der Waals surface area contributed by atoms with E-state index in [1.807, 2.05) is 26.0 Å². The lowest BCUT2D eigenvalue weighted by molar-refractivity contribution is 0.0992. The number of aryl methyl sites for hydroxylation is 5. The van der Waals surface area contributed by atoms with Gasteiger partial charge < -0.3 is 0 Å². The lowest BCUT2D eigenvalue weighted by Gasteiger charge is -2.12. The number of ketones is 1. The molecule has 0 aliphatic rings. The predicted molar refractivity (Wildman–Crippen MR) is 92.3 cm³/mol. The van der Waals surface area contributed by atoms with Gasteiger partial charge in [-0.15, -0.1) is 0 Å². The molecule has 0 atom stereocenters. The second-order valence-electron chi connectivity index (χ2n) is 5.90.